The molecule has 3 heteroatoms. The molecular weight excluding hydrogens is 250 g/mol. The second-order valence-corrected chi connectivity index (χ2v) is 4.49. The fourth-order valence-electron chi connectivity index (χ4n) is 2.21. The van der Waals surface area contributed by atoms with Gasteiger partial charge in [0.15, 0.2) is 0 Å². The van der Waals surface area contributed by atoms with E-state index in [4.69, 9.17) is 10.00 Å². The second-order valence-electron chi connectivity index (χ2n) is 4.49. The minimum absolute atomic E-state index is 0.164. The number of rotatable bonds is 8. The van der Waals surface area contributed by atoms with Crippen molar-refractivity contribution < 1.29 is 9.53 Å². The van der Waals surface area contributed by atoms with Crippen molar-refractivity contribution in [2.24, 2.45) is 0 Å². The molecule has 0 spiro atoms. The van der Waals surface area contributed by atoms with Gasteiger partial charge in [-0.3, -0.25) is 4.79 Å². The fourth-order valence-corrected chi connectivity index (χ4v) is 2.21. The number of esters is 1. The van der Waals surface area contributed by atoms with Crippen molar-refractivity contribution in [3.63, 3.8) is 0 Å². The average molecular weight is 269 g/mol. The Morgan fingerprint density at radius 1 is 1.30 bits per heavy atom. The SMILES string of the molecule is C=CCOC(=O)C(CC=C)(CCC#N)c1ccccc1. The molecule has 1 rings (SSSR count). The van der Waals surface area contributed by atoms with E-state index in [2.05, 4.69) is 19.2 Å². The molecule has 104 valence electrons. The van der Waals surface area contributed by atoms with Gasteiger partial charge < -0.3 is 4.74 Å². The quantitative estimate of drug-likeness (QED) is 0.536. The van der Waals surface area contributed by atoms with Crippen LogP contribution in [0.3, 0.4) is 0 Å². The summed E-state index contributed by atoms with van der Waals surface area (Å²) in [5.74, 6) is -0.334. The normalized spacial score (nSPS) is 12.8. The van der Waals surface area contributed by atoms with Crippen LogP contribution in [0.25, 0.3) is 0 Å². The molecule has 1 aromatic carbocycles. The Morgan fingerprint density at radius 3 is 2.55 bits per heavy atom. The Labute approximate surface area is 120 Å². The minimum atomic E-state index is -0.845. The van der Waals surface area contributed by atoms with E-state index >= 15 is 0 Å². The van der Waals surface area contributed by atoms with Crippen molar-refractivity contribution in [2.75, 3.05) is 6.61 Å². The first-order valence-corrected chi connectivity index (χ1v) is 6.52. The summed E-state index contributed by atoms with van der Waals surface area (Å²) in [6, 6.07) is 11.5. The van der Waals surface area contributed by atoms with Crippen LogP contribution in [-0.4, -0.2) is 12.6 Å². The molecule has 0 aliphatic rings. The zero-order valence-electron chi connectivity index (χ0n) is 11.5. The molecule has 0 fully saturated rings. The lowest BCUT2D eigenvalue weighted by Crippen LogP contribution is -2.37. The van der Waals surface area contributed by atoms with Gasteiger partial charge in [0, 0.05) is 6.42 Å². The summed E-state index contributed by atoms with van der Waals surface area (Å²) in [5, 5.41) is 8.86. The van der Waals surface area contributed by atoms with E-state index in [1.807, 2.05) is 30.3 Å². The Hall–Kier alpha value is -2.34. The summed E-state index contributed by atoms with van der Waals surface area (Å²) in [5.41, 5.74) is 0.00564. The number of hydrogen-bond donors (Lipinski definition) is 0. The number of carbonyl (C=O) groups is 1. The highest BCUT2D eigenvalue weighted by atomic mass is 16.5. The zero-order chi connectivity index (χ0) is 14.8. The number of hydrogen-bond acceptors (Lipinski definition) is 3. The Bertz CT molecular complexity index is 501. The Kier molecular flexibility index (Phi) is 6.25. The monoisotopic (exact) mass is 269 g/mol. The number of carbonyl (C=O) groups excluding carboxylic acids is 1. The van der Waals surface area contributed by atoms with Gasteiger partial charge >= 0.3 is 5.97 Å². The van der Waals surface area contributed by atoms with Gasteiger partial charge in [-0.15, -0.1) is 6.58 Å². The molecule has 0 aliphatic heterocycles. The van der Waals surface area contributed by atoms with Crippen molar-refractivity contribution in [3.8, 4) is 6.07 Å². The highest BCUT2D eigenvalue weighted by molar-refractivity contribution is 5.83. The molecule has 0 amide bonds. The van der Waals surface area contributed by atoms with E-state index in [9.17, 15) is 4.79 Å². The van der Waals surface area contributed by atoms with Crippen LogP contribution in [0.5, 0.6) is 0 Å². The van der Waals surface area contributed by atoms with Crippen molar-refractivity contribution >= 4 is 5.97 Å². The van der Waals surface area contributed by atoms with Crippen LogP contribution in [0.15, 0.2) is 55.6 Å². The summed E-state index contributed by atoms with van der Waals surface area (Å²) in [4.78, 5) is 12.5. The molecule has 0 saturated heterocycles. The van der Waals surface area contributed by atoms with E-state index in [0.717, 1.165) is 5.56 Å². The van der Waals surface area contributed by atoms with Gasteiger partial charge in [-0.2, -0.15) is 5.26 Å². The predicted octanol–water partition coefficient (Wildman–Crippen LogP) is 3.53. The molecule has 0 aliphatic carbocycles. The maximum atomic E-state index is 12.5. The maximum absolute atomic E-state index is 12.5. The third-order valence-corrected chi connectivity index (χ3v) is 3.21. The molecule has 0 aromatic heterocycles. The third kappa shape index (κ3) is 3.58. The van der Waals surface area contributed by atoms with E-state index in [1.54, 1.807) is 6.08 Å². The van der Waals surface area contributed by atoms with Gasteiger partial charge in [-0.1, -0.05) is 49.1 Å². The molecule has 0 radical (unpaired) electrons. The Morgan fingerprint density at radius 2 is 2.00 bits per heavy atom. The summed E-state index contributed by atoms with van der Waals surface area (Å²) in [6.45, 7) is 7.44. The molecule has 0 heterocycles. The molecule has 1 aromatic rings. The van der Waals surface area contributed by atoms with E-state index in [0.29, 0.717) is 12.8 Å². The van der Waals surface area contributed by atoms with Crippen LogP contribution in [0, 0.1) is 11.3 Å². The highest BCUT2D eigenvalue weighted by Gasteiger charge is 2.40. The predicted molar refractivity (Wildman–Crippen MR) is 78.9 cm³/mol. The smallest absolute Gasteiger partial charge is 0.317 e. The molecule has 0 bridgehead atoms. The molecule has 0 N–H and O–H groups in total. The lowest BCUT2D eigenvalue weighted by Gasteiger charge is -2.30. The summed E-state index contributed by atoms with van der Waals surface area (Å²) >= 11 is 0. The standard InChI is InChI=1S/C17H19NO2/c1-3-11-17(12-8-13-18,16(19)20-14-4-2)15-9-6-5-7-10-15/h3-7,9-10H,1-2,8,11-12,14H2. The fraction of sp³-hybridized carbons (Fsp3) is 0.294. The zero-order valence-corrected chi connectivity index (χ0v) is 11.5. The van der Waals surface area contributed by atoms with Crippen molar-refractivity contribution in [2.45, 2.75) is 24.7 Å². The largest absolute Gasteiger partial charge is 0.461 e. The number of allylic oxidation sites excluding steroid dienone is 1. The topological polar surface area (TPSA) is 50.1 Å². The molecule has 0 saturated carbocycles. The van der Waals surface area contributed by atoms with Crippen LogP contribution in [0.1, 0.15) is 24.8 Å². The number of benzene rings is 1. The summed E-state index contributed by atoms with van der Waals surface area (Å²) in [7, 11) is 0. The lowest BCUT2D eigenvalue weighted by atomic mass is 9.74. The number of nitriles is 1. The van der Waals surface area contributed by atoms with E-state index < -0.39 is 5.41 Å². The van der Waals surface area contributed by atoms with E-state index in [-0.39, 0.29) is 19.0 Å². The van der Waals surface area contributed by atoms with Crippen molar-refractivity contribution in [3.05, 3.63) is 61.2 Å². The molecule has 3 nitrogen and oxygen atoms in total. The van der Waals surface area contributed by atoms with Gasteiger partial charge in [0.25, 0.3) is 0 Å². The molecule has 20 heavy (non-hydrogen) atoms. The van der Waals surface area contributed by atoms with Crippen LogP contribution < -0.4 is 0 Å². The van der Waals surface area contributed by atoms with Crippen molar-refractivity contribution in [1.82, 2.24) is 0 Å². The average Bonchev–Trinajstić information content (AvgIpc) is 2.50. The van der Waals surface area contributed by atoms with Gasteiger partial charge in [-0.25, -0.2) is 0 Å². The molecule has 1 atom stereocenters. The summed E-state index contributed by atoms with van der Waals surface area (Å²) in [6.07, 6.45) is 4.36. The van der Waals surface area contributed by atoms with Crippen LogP contribution in [-0.2, 0) is 14.9 Å². The maximum Gasteiger partial charge on any atom is 0.317 e. The minimum Gasteiger partial charge on any atom is -0.461 e. The molecule has 1 unspecified atom stereocenters. The highest BCUT2D eigenvalue weighted by Crippen LogP contribution is 2.35. The Balaban J connectivity index is 3.19. The lowest BCUT2D eigenvalue weighted by molar-refractivity contribution is -0.149. The molecular formula is C17H19NO2. The first-order valence-electron chi connectivity index (χ1n) is 6.52. The van der Waals surface area contributed by atoms with Crippen LogP contribution in [0.2, 0.25) is 0 Å². The van der Waals surface area contributed by atoms with Crippen molar-refractivity contribution in [1.29, 1.82) is 5.26 Å². The van der Waals surface area contributed by atoms with Gasteiger partial charge in [-0.05, 0) is 18.4 Å². The number of ether oxygens (including phenoxy) is 1. The first kappa shape index (κ1) is 15.7. The second kappa shape index (κ2) is 7.96. The number of nitrogens with zero attached hydrogens (tertiary/aromatic N) is 1. The van der Waals surface area contributed by atoms with Crippen LogP contribution in [0.4, 0.5) is 0 Å². The first-order chi connectivity index (χ1) is 9.71. The van der Waals surface area contributed by atoms with E-state index in [1.165, 1.54) is 6.08 Å². The summed E-state index contributed by atoms with van der Waals surface area (Å²) < 4.78 is 5.25. The third-order valence-electron chi connectivity index (χ3n) is 3.21. The van der Waals surface area contributed by atoms with Gasteiger partial charge in [0.1, 0.15) is 6.61 Å². The van der Waals surface area contributed by atoms with Gasteiger partial charge in [0.05, 0.1) is 11.5 Å². The van der Waals surface area contributed by atoms with Gasteiger partial charge in [0.2, 0.25) is 0 Å². The van der Waals surface area contributed by atoms with Crippen LogP contribution >= 0.6 is 0 Å².